The summed E-state index contributed by atoms with van der Waals surface area (Å²) in [5, 5.41) is 3.70. The van der Waals surface area contributed by atoms with E-state index in [-0.39, 0.29) is 0 Å². The van der Waals surface area contributed by atoms with Crippen LogP contribution in [0.5, 0.6) is 0 Å². The molecule has 0 saturated heterocycles. The summed E-state index contributed by atoms with van der Waals surface area (Å²) in [7, 11) is 0. The summed E-state index contributed by atoms with van der Waals surface area (Å²) in [5.74, 6) is 1.35. The van der Waals surface area contributed by atoms with Crippen LogP contribution in [0.2, 0.25) is 0 Å². The molecule has 1 heteroatoms. The molecule has 0 amide bonds. The van der Waals surface area contributed by atoms with Crippen LogP contribution in [-0.4, -0.2) is 6.54 Å². The van der Waals surface area contributed by atoms with Crippen molar-refractivity contribution in [2.24, 2.45) is 5.92 Å². The Labute approximate surface area is 119 Å². The normalized spacial score (nSPS) is 16.1. The molecule has 1 aromatic carbocycles. The Balaban J connectivity index is 2.84. The molecule has 19 heavy (non-hydrogen) atoms. The van der Waals surface area contributed by atoms with Gasteiger partial charge in [0.25, 0.3) is 0 Å². The lowest BCUT2D eigenvalue weighted by molar-refractivity contribution is 0.377. The van der Waals surface area contributed by atoms with Crippen LogP contribution in [0.1, 0.15) is 77.0 Å². The van der Waals surface area contributed by atoms with Crippen molar-refractivity contribution in [3.05, 3.63) is 35.4 Å². The van der Waals surface area contributed by atoms with Crippen molar-refractivity contribution < 1.29 is 0 Å². The van der Waals surface area contributed by atoms with Crippen LogP contribution in [0.25, 0.3) is 0 Å². The average Bonchev–Trinajstić information content (AvgIpc) is 2.47. The van der Waals surface area contributed by atoms with Gasteiger partial charge in [-0.1, -0.05) is 65.3 Å². The van der Waals surface area contributed by atoms with Gasteiger partial charge in [0.1, 0.15) is 0 Å². The topological polar surface area (TPSA) is 12.0 Å². The lowest BCUT2D eigenvalue weighted by atomic mass is 9.90. The quantitative estimate of drug-likeness (QED) is 0.670. The first kappa shape index (κ1) is 16.2. The highest BCUT2D eigenvalue weighted by atomic mass is 14.9. The monoisotopic (exact) mass is 261 g/mol. The van der Waals surface area contributed by atoms with Gasteiger partial charge in [0, 0.05) is 6.04 Å². The van der Waals surface area contributed by atoms with E-state index in [1.54, 1.807) is 0 Å². The van der Waals surface area contributed by atoms with Gasteiger partial charge >= 0.3 is 0 Å². The fourth-order valence-corrected chi connectivity index (χ4v) is 2.45. The van der Waals surface area contributed by atoms with Gasteiger partial charge in [-0.15, -0.1) is 0 Å². The molecule has 1 aromatic rings. The van der Waals surface area contributed by atoms with Gasteiger partial charge in [0.15, 0.2) is 0 Å². The van der Waals surface area contributed by atoms with Crippen molar-refractivity contribution in [3.63, 3.8) is 0 Å². The first-order chi connectivity index (χ1) is 9.13. The summed E-state index contributed by atoms with van der Waals surface area (Å²) in [6.45, 7) is 12.5. The lowest BCUT2D eigenvalue weighted by Crippen LogP contribution is -2.27. The lowest BCUT2D eigenvalue weighted by Gasteiger charge is -2.25. The SMILES string of the molecule is CCCNC(c1ccc(C(C)CC)cc1)C(C)CC. The van der Waals surface area contributed by atoms with Crippen LogP contribution >= 0.6 is 0 Å². The van der Waals surface area contributed by atoms with E-state index in [0.29, 0.717) is 17.9 Å². The van der Waals surface area contributed by atoms with E-state index in [9.17, 15) is 0 Å². The highest BCUT2D eigenvalue weighted by Crippen LogP contribution is 2.26. The van der Waals surface area contributed by atoms with Crippen LogP contribution in [-0.2, 0) is 0 Å². The van der Waals surface area contributed by atoms with E-state index < -0.39 is 0 Å². The zero-order chi connectivity index (χ0) is 14.3. The third kappa shape index (κ3) is 4.65. The van der Waals surface area contributed by atoms with Gasteiger partial charge in [-0.3, -0.25) is 0 Å². The maximum absolute atomic E-state index is 3.70. The molecule has 0 bridgehead atoms. The molecule has 0 aliphatic carbocycles. The van der Waals surface area contributed by atoms with Crippen molar-refractivity contribution in [1.82, 2.24) is 5.32 Å². The zero-order valence-electron chi connectivity index (χ0n) is 13.4. The molecule has 0 fully saturated rings. The largest absolute Gasteiger partial charge is 0.310 e. The highest BCUT2D eigenvalue weighted by Gasteiger charge is 2.17. The van der Waals surface area contributed by atoms with Crippen LogP contribution in [0.3, 0.4) is 0 Å². The van der Waals surface area contributed by atoms with Gasteiger partial charge in [-0.25, -0.2) is 0 Å². The first-order valence-electron chi connectivity index (χ1n) is 7.97. The van der Waals surface area contributed by atoms with Crippen molar-refractivity contribution in [3.8, 4) is 0 Å². The van der Waals surface area contributed by atoms with E-state index >= 15 is 0 Å². The Morgan fingerprint density at radius 2 is 1.47 bits per heavy atom. The van der Waals surface area contributed by atoms with Gasteiger partial charge in [-0.05, 0) is 42.3 Å². The smallest absolute Gasteiger partial charge is 0.0345 e. The molecule has 0 aliphatic rings. The summed E-state index contributed by atoms with van der Waals surface area (Å²) in [5.41, 5.74) is 2.90. The molecular weight excluding hydrogens is 230 g/mol. The minimum Gasteiger partial charge on any atom is -0.310 e. The first-order valence-corrected chi connectivity index (χ1v) is 7.97. The Kier molecular flexibility index (Phi) is 7.15. The number of nitrogens with one attached hydrogen (secondary N) is 1. The van der Waals surface area contributed by atoms with Crippen molar-refractivity contribution in [2.75, 3.05) is 6.54 Å². The van der Waals surface area contributed by atoms with E-state index in [4.69, 9.17) is 0 Å². The third-order valence-electron chi connectivity index (χ3n) is 4.30. The standard InChI is InChI=1S/C18H31N/c1-6-13-19-18(15(5)8-3)17-11-9-16(10-12-17)14(4)7-2/h9-12,14-15,18-19H,6-8,13H2,1-5H3. The van der Waals surface area contributed by atoms with Crippen molar-refractivity contribution in [1.29, 1.82) is 0 Å². The number of benzene rings is 1. The molecule has 3 unspecified atom stereocenters. The van der Waals surface area contributed by atoms with E-state index in [2.05, 4.69) is 64.2 Å². The second-order valence-corrected chi connectivity index (χ2v) is 5.79. The number of hydrogen-bond donors (Lipinski definition) is 1. The van der Waals surface area contributed by atoms with Gasteiger partial charge in [0.05, 0.1) is 0 Å². The van der Waals surface area contributed by atoms with Gasteiger partial charge < -0.3 is 5.32 Å². The minimum atomic E-state index is 0.496. The number of hydrogen-bond acceptors (Lipinski definition) is 1. The maximum Gasteiger partial charge on any atom is 0.0345 e. The summed E-state index contributed by atoms with van der Waals surface area (Å²) in [6.07, 6.45) is 3.62. The molecule has 0 radical (unpaired) electrons. The molecule has 0 aliphatic heterocycles. The van der Waals surface area contributed by atoms with Crippen LogP contribution < -0.4 is 5.32 Å². The number of rotatable bonds is 8. The maximum atomic E-state index is 3.70. The van der Waals surface area contributed by atoms with Crippen molar-refractivity contribution >= 4 is 0 Å². The summed E-state index contributed by atoms with van der Waals surface area (Å²) in [4.78, 5) is 0. The third-order valence-corrected chi connectivity index (χ3v) is 4.30. The predicted octanol–water partition coefficient (Wildman–Crippen LogP) is 5.29. The Morgan fingerprint density at radius 3 is 1.95 bits per heavy atom. The fraction of sp³-hybridized carbons (Fsp3) is 0.667. The van der Waals surface area contributed by atoms with Crippen LogP contribution in [0.15, 0.2) is 24.3 Å². The summed E-state index contributed by atoms with van der Waals surface area (Å²) >= 11 is 0. The van der Waals surface area contributed by atoms with Gasteiger partial charge in [-0.2, -0.15) is 0 Å². The molecule has 1 N–H and O–H groups in total. The fourth-order valence-electron chi connectivity index (χ4n) is 2.45. The predicted molar refractivity (Wildman–Crippen MR) is 85.6 cm³/mol. The Morgan fingerprint density at radius 1 is 0.895 bits per heavy atom. The van der Waals surface area contributed by atoms with E-state index in [0.717, 1.165) is 6.54 Å². The molecule has 3 atom stereocenters. The van der Waals surface area contributed by atoms with Crippen LogP contribution in [0.4, 0.5) is 0 Å². The molecule has 1 nitrogen and oxygen atoms in total. The highest BCUT2D eigenvalue weighted by molar-refractivity contribution is 5.27. The van der Waals surface area contributed by atoms with Gasteiger partial charge in [0.2, 0.25) is 0 Å². The second kappa shape index (κ2) is 8.37. The minimum absolute atomic E-state index is 0.496. The summed E-state index contributed by atoms with van der Waals surface area (Å²) in [6, 6.07) is 9.76. The van der Waals surface area contributed by atoms with Crippen LogP contribution in [0, 0.1) is 5.92 Å². The van der Waals surface area contributed by atoms with Crippen molar-refractivity contribution in [2.45, 2.75) is 65.8 Å². The molecular formula is C18H31N. The molecule has 0 aromatic heterocycles. The Bertz CT molecular complexity index is 341. The molecule has 0 heterocycles. The van der Waals surface area contributed by atoms with E-state index in [1.165, 1.54) is 30.4 Å². The molecule has 0 spiro atoms. The molecule has 0 saturated carbocycles. The average molecular weight is 261 g/mol. The Hall–Kier alpha value is -0.820. The van der Waals surface area contributed by atoms with E-state index in [1.807, 2.05) is 0 Å². The molecule has 1 rings (SSSR count). The molecule has 108 valence electrons. The second-order valence-electron chi connectivity index (χ2n) is 5.79. The zero-order valence-corrected chi connectivity index (χ0v) is 13.4. The summed E-state index contributed by atoms with van der Waals surface area (Å²) < 4.78 is 0.